The van der Waals surface area contributed by atoms with Crippen molar-refractivity contribution in [3.8, 4) is 0 Å². The monoisotopic (exact) mass is 370 g/mol. The van der Waals surface area contributed by atoms with E-state index >= 15 is 0 Å². The molecule has 1 saturated heterocycles. The van der Waals surface area contributed by atoms with Crippen molar-refractivity contribution in [2.75, 3.05) is 0 Å². The molecule has 0 aliphatic carbocycles. The fourth-order valence-electron chi connectivity index (χ4n) is 3.01. The van der Waals surface area contributed by atoms with Crippen molar-refractivity contribution in [3.63, 3.8) is 0 Å². The number of carboxylic acids is 1. The van der Waals surface area contributed by atoms with E-state index in [1.165, 1.54) is 12.2 Å². The maximum absolute atomic E-state index is 10.4. The highest BCUT2D eigenvalue weighted by Gasteiger charge is 2.36. The van der Waals surface area contributed by atoms with Crippen LogP contribution in [0.4, 0.5) is 0 Å². The first-order chi connectivity index (χ1) is 12.4. The van der Waals surface area contributed by atoms with E-state index in [9.17, 15) is 20.1 Å². The SMILES string of the molecule is CCCCC[C@@H]1O[C@@H]([C@H](O)/C=C\[C@H](O)C/C=C\CCCC(=O)O)C[C@H]1O. The second kappa shape index (κ2) is 13.0. The molecule has 5 atom stereocenters. The second-order valence-corrected chi connectivity index (χ2v) is 6.95. The smallest absolute Gasteiger partial charge is 0.303 e. The molecule has 0 saturated carbocycles. The third kappa shape index (κ3) is 9.48. The Hall–Kier alpha value is -1.21. The zero-order valence-electron chi connectivity index (χ0n) is 15.7. The average Bonchev–Trinajstić information content (AvgIpc) is 2.97. The van der Waals surface area contributed by atoms with E-state index in [1.54, 1.807) is 0 Å². The summed E-state index contributed by atoms with van der Waals surface area (Å²) in [6.07, 6.45) is 10.2. The number of hydrogen-bond acceptors (Lipinski definition) is 5. The number of carbonyl (C=O) groups is 1. The summed E-state index contributed by atoms with van der Waals surface area (Å²) in [6, 6.07) is 0. The molecule has 1 aliphatic heterocycles. The van der Waals surface area contributed by atoms with Crippen molar-refractivity contribution in [1.82, 2.24) is 0 Å². The summed E-state index contributed by atoms with van der Waals surface area (Å²) in [5.41, 5.74) is 0. The number of rotatable bonds is 13. The van der Waals surface area contributed by atoms with Gasteiger partial charge in [-0.3, -0.25) is 4.79 Å². The van der Waals surface area contributed by atoms with Gasteiger partial charge < -0.3 is 25.2 Å². The van der Waals surface area contributed by atoms with Gasteiger partial charge in [0.25, 0.3) is 0 Å². The molecular formula is C20H34O6. The molecule has 0 spiro atoms. The van der Waals surface area contributed by atoms with Crippen molar-refractivity contribution in [3.05, 3.63) is 24.3 Å². The van der Waals surface area contributed by atoms with Crippen LogP contribution in [0.1, 0.15) is 64.7 Å². The van der Waals surface area contributed by atoms with E-state index in [1.807, 2.05) is 12.2 Å². The highest BCUT2D eigenvalue weighted by molar-refractivity contribution is 5.66. The van der Waals surface area contributed by atoms with E-state index < -0.39 is 30.4 Å². The van der Waals surface area contributed by atoms with Crippen LogP contribution in [0.25, 0.3) is 0 Å². The number of ether oxygens (including phenoxy) is 1. The van der Waals surface area contributed by atoms with Crippen molar-refractivity contribution in [1.29, 1.82) is 0 Å². The number of aliphatic hydroxyl groups excluding tert-OH is 3. The van der Waals surface area contributed by atoms with E-state index in [2.05, 4.69) is 6.92 Å². The van der Waals surface area contributed by atoms with Gasteiger partial charge in [0.15, 0.2) is 0 Å². The maximum atomic E-state index is 10.4. The van der Waals surface area contributed by atoms with Gasteiger partial charge in [-0.15, -0.1) is 0 Å². The highest BCUT2D eigenvalue weighted by Crippen LogP contribution is 2.27. The van der Waals surface area contributed by atoms with Gasteiger partial charge >= 0.3 is 5.97 Å². The second-order valence-electron chi connectivity index (χ2n) is 6.95. The average molecular weight is 370 g/mol. The minimum atomic E-state index is -0.852. The van der Waals surface area contributed by atoms with E-state index in [0.29, 0.717) is 25.7 Å². The van der Waals surface area contributed by atoms with Crippen LogP contribution in [-0.2, 0) is 9.53 Å². The molecule has 0 amide bonds. The van der Waals surface area contributed by atoms with Gasteiger partial charge in [-0.2, -0.15) is 0 Å². The van der Waals surface area contributed by atoms with Crippen molar-refractivity contribution < 1.29 is 30.0 Å². The lowest BCUT2D eigenvalue weighted by atomic mass is 10.0. The number of aliphatic carboxylic acids is 1. The van der Waals surface area contributed by atoms with E-state index in [0.717, 1.165) is 25.7 Å². The third-order valence-electron chi connectivity index (χ3n) is 4.56. The summed E-state index contributed by atoms with van der Waals surface area (Å²) >= 11 is 0. The number of carboxylic acid groups (broad SMARTS) is 1. The molecule has 26 heavy (non-hydrogen) atoms. The number of hydrogen-bond donors (Lipinski definition) is 4. The third-order valence-corrected chi connectivity index (χ3v) is 4.56. The summed E-state index contributed by atoms with van der Waals surface area (Å²) in [5, 5.41) is 38.7. The topological polar surface area (TPSA) is 107 Å². The van der Waals surface area contributed by atoms with Gasteiger partial charge in [0.1, 0.15) is 0 Å². The largest absolute Gasteiger partial charge is 0.481 e. The Morgan fingerprint density at radius 2 is 1.96 bits per heavy atom. The summed E-state index contributed by atoms with van der Waals surface area (Å²) < 4.78 is 5.76. The summed E-state index contributed by atoms with van der Waals surface area (Å²) in [6.45, 7) is 2.12. The highest BCUT2D eigenvalue weighted by atomic mass is 16.5. The Kier molecular flexibility index (Phi) is 11.4. The van der Waals surface area contributed by atoms with Crippen LogP contribution >= 0.6 is 0 Å². The van der Waals surface area contributed by atoms with Gasteiger partial charge in [0, 0.05) is 12.8 Å². The lowest BCUT2D eigenvalue weighted by Gasteiger charge is -2.17. The molecule has 1 fully saturated rings. The number of allylic oxidation sites excluding steroid dienone is 1. The van der Waals surface area contributed by atoms with Crippen LogP contribution < -0.4 is 0 Å². The van der Waals surface area contributed by atoms with Crippen molar-refractivity contribution in [2.45, 2.75) is 95.2 Å². The molecule has 0 radical (unpaired) electrons. The minimum absolute atomic E-state index is 0.145. The molecule has 150 valence electrons. The van der Waals surface area contributed by atoms with Gasteiger partial charge in [-0.05, 0) is 25.7 Å². The fourth-order valence-corrected chi connectivity index (χ4v) is 3.01. The van der Waals surface area contributed by atoms with Crippen molar-refractivity contribution in [2.24, 2.45) is 0 Å². The van der Waals surface area contributed by atoms with Gasteiger partial charge in [0.2, 0.25) is 0 Å². The molecule has 6 heteroatoms. The van der Waals surface area contributed by atoms with Gasteiger partial charge in [0.05, 0.1) is 30.5 Å². The first kappa shape index (κ1) is 22.8. The fraction of sp³-hybridized carbons (Fsp3) is 0.750. The minimum Gasteiger partial charge on any atom is -0.481 e. The van der Waals surface area contributed by atoms with Gasteiger partial charge in [-0.25, -0.2) is 0 Å². The normalized spacial score (nSPS) is 25.9. The van der Waals surface area contributed by atoms with E-state index in [-0.39, 0.29) is 12.5 Å². The van der Waals surface area contributed by atoms with Crippen LogP contribution in [0.2, 0.25) is 0 Å². The molecule has 0 aromatic carbocycles. The predicted molar refractivity (Wildman–Crippen MR) is 99.8 cm³/mol. The molecule has 0 unspecified atom stereocenters. The molecular weight excluding hydrogens is 336 g/mol. The summed E-state index contributed by atoms with van der Waals surface area (Å²) in [4.78, 5) is 10.4. The van der Waals surface area contributed by atoms with Crippen LogP contribution in [0.15, 0.2) is 24.3 Å². The molecule has 0 aromatic rings. The van der Waals surface area contributed by atoms with Crippen LogP contribution in [0, 0.1) is 0 Å². The molecule has 0 aromatic heterocycles. The summed E-state index contributed by atoms with van der Waals surface area (Å²) in [7, 11) is 0. The first-order valence-corrected chi connectivity index (χ1v) is 9.68. The molecule has 0 bridgehead atoms. The molecule has 1 rings (SSSR count). The lowest BCUT2D eigenvalue weighted by molar-refractivity contribution is -0.137. The van der Waals surface area contributed by atoms with Crippen LogP contribution in [0.3, 0.4) is 0 Å². The lowest BCUT2D eigenvalue weighted by Crippen LogP contribution is -2.25. The van der Waals surface area contributed by atoms with Gasteiger partial charge in [-0.1, -0.05) is 50.5 Å². The zero-order chi connectivity index (χ0) is 19.4. The Balaban J connectivity index is 2.27. The summed E-state index contributed by atoms with van der Waals surface area (Å²) in [5.74, 6) is -0.804. The van der Waals surface area contributed by atoms with Crippen LogP contribution in [0.5, 0.6) is 0 Å². The molecule has 4 N–H and O–H groups in total. The first-order valence-electron chi connectivity index (χ1n) is 9.68. The van der Waals surface area contributed by atoms with E-state index in [4.69, 9.17) is 9.84 Å². The standard InChI is InChI=1S/C20H34O6/c1-2-3-6-10-18-17(23)14-19(26-18)16(22)13-12-15(21)9-7-4-5-8-11-20(24)25/h4,7,12-13,15-19,21-23H,2-3,5-6,8-11,14H2,1H3,(H,24,25)/b7-4-,13-12-/t15-,16-,17-,18+,19-/m1/s1. The molecule has 1 heterocycles. The molecule has 1 aliphatic rings. The molecule has 6 nitrogen and oxygen atoms in total. The maximum Gasteiger partial charge on any atom is 0.303 e. The quantitative estimate of drug-likeness (QED) is 0.293. The Morgan fingerprint density at radius 1 is 1.19 bits per heavy atom. The Morgan fingerprint density at radius 3 is 2.65 bits per heavy atom. The Bertz CT molecular complexity index is 448. The van der Waals surface area contributed by atoms with Crippen LogP contribution in [-0.4, -0.2) is 56.9 Å². The predicted octanol–water partition coefficient (Wildman–Crippen LogP) is 2.56. The zero-order valence-corrected chi connectivity index (χ0v) is 15.7. The number of aliphatic hydroxyl groups is 3. The van der Waals surface area contributed by atoms with Crippen molar-refractivity contribution >= 4 is 5.97 Å². The Labute approximate surface area is 156 Å². The number of unbranched alkanes of at least 4 members (excludes halogenated alkanes) is 3.